The van der Waals surface area contributed by atoms with E-state index in [0.29, 0.717) is 37.6 Å². The van der Waals surface area contributed by atoms with E-state index in [2.05, 4.69) is 5.32 Å². The first kappa shape index (κ1) is 21.0. The Morgan fingerprint density at radius 3 is 2.54 bits per heavy atom. The molecule has 1 fully saturated rings. The van der Waals surface area contributed by atoms with E-state index >= 15 is 0 Å². The number of sulfonamides is 1. The highest BCUT2D eigenvalue weighted by Gasteiger charge is 2.32. The van der Waals surface area contributed by atoms with E-state index in [-0.39, 0.29) is 11.9 Å². The van der Waals surface area contributed by atoms with Crippen molar-refractivity contribution < 1.29 is 13.2 Å². The summed E-state index contributed by atoms with van der Waals surface area (Å²) in [7, 11) is -3.52. The Balaban J connectivity index is 1.58. The molecule has 0 aliphatic carbocycles. The molecule has 0 bridgehead atoms. The predicted molar refractivity (Wildman–Crippen MR) is 112 cm³/mol. The van der Waals surface area contributed by atoms with Gasteiger partial charge in [-0.1, -0.05) is 18.2 Å². The van der Waals surface area contributed by atoms with Crippen LogP contribution in [0, 0.1) is 13.8 Å². The zero-order valence-corrected chi connectivity index (χ0v) is 18.1. The number of benzene rings is 1. The van der Waals surface area contributed by atoms with Crippen molar-refractivity contribution in [3.8, 4) is 0 Å². The highest BCUT2D eigenvalue weighted by molar-refractivity contribution is 7.89. The Morgan fingerprint density at radius 1 is 1.18 bits per heavy atom. The van der Waals surface area contributed by atoms with Crippen molar-refractivity contribution in [2.24, 2.45) is 0 Å². The van der Waals surface area contributed by atoms with Gasteiger partial charge in [0.25, 0.3) is 0 Å². The van der Waals surface area contributed by atoms with Crippen LogP contribution in [0.4, 0.5) is 0 Å². The molecule has 28 heavy (non-hydrogen) atoms. The number of carbonyl (C=O) groups excluding carboxylic acids is 1. The van der Waals surface area contributed by atoms with Crippen LogP contribution in [0.3, 0.4) is 0 Å². The average molecular weight is 422 g/mol. The minimum Gasteiger partial charge on any atom is -0.350 e. The van der Waals surface area contributed by atoms with Crippen molar-refractivity contribution in [2.75, 3.05) is 26.2 Å². The summed E-state index contributed by atoms with van der Waals surface area (Å²) >= 11 is 1.61. The van der Waals surface area contributed by atoms with Crippen LogP contribution in [0.2, 0.25) is 0 Å². The molecule has 6 nitrogen and oxygen atoms in total. The largest absolute Gasteiger partial charge is 0.350 e. The van der Waals surface area contributed by atoms with Crippen LogP contribution in [-0.2, 0) is 21.4 Å². The summed E-state index contributed by atoms with van der Waals surface area (Å²) in [6, 6.07) is 9.17. The molecular weight excluding hydrogens is 394 g/mol. The smallest absolute Gasteiger partial charge is 0.243 e. The van der Waals surface area contributed by atoms with E-state index in [1.54, 1.807) is 17.4 Å². The molecule has 1 N–H and O–H groups in total. The van der Waals surface area contributed by atoms with Gasteiger partial charge in [-0.2, -0.15) is 4.31 Å². The van der Waals surface area contributed by atoms with Gasteiger partial charge >= 0.3 is 0 Å². The lowest BCUT2D eigenvalue weighted by Gasteiger charge is -2.37. The summed E-state index contributed by atoms with van der Waals surface area (Å²) in [6.45, 7) is 7.97. The Bertz CT molecular complexity index is 918. The first-order chi connectivity index (χ1) is 13.3. The number of piperazine rings is 1. The molecule has 1 saturated heterocycles. The van der Waals surface area contributed by atoms with Crippen molar-refractivity contribution in [3.63, 3.8) is 0 Å². The molecule has 1 aliphatic rings. The standard InChI is InChI=1S/C20H27N3O3S2/c1-15-6-7-16(2)19(13-15)28(25,26)23-10-8-22(9-11-23)17(3)20(24)21-14-18-5-4-12-27-18/h4-7,12-13,17H,8-11,14H2,1-3H3,(H,21,24)/t17-/m1/s1. The molecule has 0 saturated carbocycles. The van der Waals surface area contributed by atoms with Gasteiger partial charge < -0.3 is 5.32 Å². The van der Waals surface area contributed by atoms with Gasteiger partial charge in [-0.25, -0.2) is 8.42 Å². The fourth-order valence-electron chi connectivity index (χ4n) is 3.36. The number of hydrogen-bond donors (Lipinski definition) is 1. The Hall–Kier alpha value is -1.74. The van der Waals surface area contributed by atoms with Crippen LogP contribution >= 0.6 is 11.3 Å². The lowest BCUT2D eigenvalue weighted by Crippen LogP contribution is -2.54. The molecule has 1 aromatic heterocycles. The number of hydrogen-bond acceptors (Lipinski definition) is 5. The lowest BCUT2D eigenvalue weighted by atomic mass is 10.2. The third-order valence-corrected chi connectivity index (χ3v) is 8.10. The predicted octanol–water partition coefficient (Wildman–Crippen LogP) is 2.38. The summed E-state index contributed by atoms with van der Waals surface area (Å²) in [5, 5.41) is 4.95. The van der Waals surface area contributed by atoms with Crippen molar-refractivity contribution in [2.45, 2.75) is 38.3 Å². The van der Waals surface area contributed by atoms with Crippen molar-refractivity contribution in [1.29, 1.82) is 0 Å². The normalized spacial score (nSPS) is 17.4. The Morgan fingerprint density at radius 2 is 1.89 bits per heavy atom. The molecule has 2 aromatic rings. The summed E-state index contributed by atoms with van der Waals surface area (Å²) in [4.78, 5) is 16.0. The first-order valence-electron chi connectivity index (χ1n) is 9.40. The Kier molecular flexibility index (Phi) is 6.54. The number of thiophene rings is 1. The second kappa shape index (κ2) is 8.73. The maximum atomic E-state index is 13.0. The zero-order valence-electron chi connectivity index (χ0n) is 16.5. The molecule has 1 aromatic carbocycles. The van der Waals surface area contributed by atoms with E-state index < -0.39 is 10.0 Å². The third kappa shape index (κ3) is 4.63. The zero-order chi connectivity index (χ0) is 20.3. The van der Waals surface area contributed by atoms with Crippen molar-refractivity contribution >= 4 is 27.3 Å². The minimum atomic E-state index is -3.52. The molecule has 3 rings (SSSR count). The quantitative estimate of drug-likeness (QED) is 0.778. The molecule has 1 amide bonds. The first-order valence-corrected chi connectivity index (χ1v) is 11.7. The summed E-state index contributed by atoms with van der Waals surface area (Å²) in [5.74, 6) is -0.0285. The molecule has 0 unspecified atom stereocenters. The van der Waals surface area contributed by atoms with Gasteiger partial charge in [0.15, 0.2) is 0 Å². The van der Waals surface area contributed by atoms with E-state index in [1.807, 2.05) is 55.3 Å². The monoisotopic (exact) mass is 421 g/mol. The van der Waals surface area contributed by atoms with Crippen LogP contribution in [0.15, 0.2) is 40.6 Å². The van der Waals surface area contributed by atoms with Crippen LogP contribution in [0.5, 0.6) is 0 Å². The number of nitrogens with one attached hydrogen (secondary N) is 1. The second-order valence-electron chi connectivity index (χ2n) is 7.18. The highest BCUT2D eigenvalue weighted by atomic mass is 32.2. The van der Waals surface area contributed by atoms with Gasteiger partial charge in [0.2, 0.25) is 15.9 Å². The second-order valence-corrected chi connectivity index (χ2v) is 10.1. The maximum absolute atomic E-state index is 13.0. The van der Waals surface area contributed by atoms with Gasteiger partial charge in [0.05, 0.1) is 17.5 Å². The number of nitrogens with zero attached hydrogens (tertiary/aromatic N) is 2. The number of amides is 1. The van der Waals surface area contributed by atoms with Crippen LogP contribution in [0.25, 0.3) is 0 Å². The summed E-state index contributed by atoms with van der Waals surface area (Å²) in [5.41, 5.74) is 1.69. The SMILES string of the molecule is Cc1ccc(C)c(S(=O)(=O)N2CCN([C@H](C)C(=O)NCc3cccs3)CC2)c1. The highest BCUT2D eigenvalue weighted by Crippen LogP contribution is 2.23. The Labute approximate surface area is 171 Å². The molecule has 8 heteroatoms. The average Bonchev–Trinajstić information content (AvgIpc) is 3.21. The molecule has 152 valence electrons. The number of aryl methyl sites for hydroxylation is 2. The van der Waals surface area contributed by atoms with Crippen LogP contribution in [-0.4, -0.2) is 55.8 Å². The lowest BCUT2D eigenvalue weighted by molar-refractivity contribution is -0.126. The molecular formula is C20H27N3O3S2. The van der Waals surface area contributed by atoms with Gasteiger partial charge in [-0.05, 0) is 49.4 Å². The van der Waals surface area contributed by atoms with E-state index in [4.69, 9.17) is 0 Å². The van der Waals surface area contributed by atoms with Crippen LogP contribution in [0.1, 0.15) is 22.9 Å². The molecule has 1 aliphatic heterocycles. The minimum absolute atomic E-state index is 0.0285. The van der Waals surface area contributed by atoms with Gasteiger partial charge in [-0.3, -0.25) is 9.69 Å². The molecule has 2 heterocycles. The van der Waals surface area contributed by atoms with Crippen molar-refractivity contribution in [3.05, 3.63) is 51.7 Å². The van der Waals surface area contributed by atoms with Crippen LogP contribution < -0.4 is 5.32 Å². The van der Waals surface area contributed by atoms with E-state index in [9.17, 15) is 13.2 Å². The number of carbonyl (C=O) groups is 1. The fourth-order valence-corrected chi connectivity index (χ4v) is 5.73. The topological polar surface area (TPSA) is 69.7 Å². The molecule has 1 atom stereocenters. The third-order valence-electron chi connectivity index (χ3n) is 5.18. The maximum Gasteiger partial charge on any atom is 0.243 e. The molecule has 0 spiro atoms. The van der Waals surface area contributed by atoms with Gasteiger partial charge in [-0.15, -0.1) is 11.3 Å². The molecule has 0 radical (unpaired) electrons. The van der Waals surface area contributed by atoms with E-state index in [1.165, 1.54) is 4.31 Å². The fraction of sp³-hybridized carbons (Fsp3) is 0.450. The number of rotatable bonds is 6. The van der Waals surface area contributed by atoms with Crippen molar-refractivity contribution in [1.82, 2.24) is 14.5 Å². The van der Waals surface area contributed by atoms with Gasteiger partial charge in [0, 0.05) is 31.1 Å². The summed E-state index contributed by atoms with van der Waals surface area (Å²) in [6.07, 6.45) is 0. The summed E-state index contributed by atoms with van der Waals surface area (Å²) < 4.78 is 27.6. The van der Waals surface area contributed by atoms with E-state index in [0.717, 1.165) is 16.0 Å². The van der Waals surface area contributed by atoms with Gasteiger partial charge in [0.1, 0.15) is 0 Å².